The molecule has 0 spiro atoms. The summed E-state index contributed by atoms with van der Waals surface area (Å²) in [6, 6.07) is 5.97. The molecule has 0 fully saturated rings. The van der Waals surface area contributed by atoms with E-state index in [1.165, 1.54) is 27.3 Å². The minimum absolute atomic E-state index is 0.178. The summed E-state index contributed by atoms with van der Waals surface area (Å²) in [5.74, 6) is -0.602. The molecule has 0 saturated heterocycles. The van der Waals surface area contributed by atoms with Gasteiger partial charge in [0.05, 0.1) is 11.4 Å². The molecule has 11 heteroatoms. The number of H-pyrrole nitrogens is 1. The van der Waals surface area contributed by atoms with E-state index in [0.29, 0.717) is 23.8 Å². The summed E-state index contributed by atoms with van der Waals surface area (Å²) in [5.41, 5.74) is 2.37. The largest absolute Gasteiger partial charge is 0.454 e. The molecule has 0 bridgehead atoms. The van der Waals surface area contributed by atoms with Gasteiger partial charge in [-0.3, -0.25) is 14.3 Å². The molecule has 0 amide bonds. The van der Waals surface area contributed by atoms with Crippen molar-refractivity contribution in [3.05, 3.63) is 79.8 Å². The number of hydrogen-bond acceptors (Lipinski definition) is 6. The maximum Gasteiger partial charge on any atom is 0.331 e. The topological polar surface area (TPSA) is 117 Å². The van der Waals surface area contributed by atoms with Gasteiger partial charge in [-0.05, 0) is 50.6 Å². The number of rotatable bonds is 8. The van der Waals surface area contributed by atoms with Gasteiger partial charge in [-0.1, -0.05) is 13.3 Å². The zero-order chi connectivity index (χ0) is 26.0. The van der Waals surface area contributed by atoms with Crippen LogP contribution in [-0.4, -0.2) is 34.9 Å². The molecule has 0 aliphatic carbocycles. The summed E-state index contributed by atoms with van der Waals surface area (Å²) in [6.45, 7) is 5.91. The number of ether oxygens (including phenoxy) is 1. The highest BCUT2D eigenvalue weighted by Crippen LogP contribution is 2.20. The van der Waals surface area contributed by atoms with E-state index in [9.17, 15) is 18.8 Å². The first-order chi connectivity index (χ1) is 17.2. The molecule has 36 heavy (non-hydrogen) atoms. The van der Waals surface area contributed by atoms with Gasteiger partial charge in [0.1, 0.15) is 18.2 Å². The van der Waals surface area contributed by atoms with Gasteiger partial charge in [0.25, 0.3) is 5.56 Å². The number of imidazole rings is 1. The number of carbonyl (C=O) groups excluding carboxylic acids is 1. The summed E-state index contributed by atoms with van der Waals surface area (Å²) in [7, 11) is 1.63. The fourth-order valence-corrected chi connectivity index (χ4v) is 4.01. The minimum Gasteiger partial charge on any atom is -0.454 e. The average Bonchev–Trinajstić information content (AvgIpc) is 3.32. The molecule has 0 unspecified atom stereocenters. The second kappa shape index (κ2) is 10.1. The van der Waals surface area contributed by atoms with Crippen LogP contribution in [0.2, 0.25) is 0 Å². The number of halogens is 1. The van der Waals surface area contributed by atoms with Crippen molar-refractivity contribution < 1.29 is 13.9 Å². The highest BCUT2D eigenvalue weighted by Gasteiger charge is 2.17. The molecule has 10 nitrogen and oxygen atoms in total. The first-order valence-electron chi connectivity index (χ1n) is 11.6. The molecule has 0 atom stereocenters. The lowest BCUT2D eigenvalue weighted by Gasteiger charge is -2.04. The molecule has 1 N–H and O–H groups in total. The molecule has 4 rings (SSSR count). The number of fused-ring (bicyclic) bond motifs is 1. The van der Waals surface area contributed by atoms with Crippen LogP contribution in [0.4, 0.5) is 4.39 Å². The van der Waals surface area contributed by atoms with E-state index in [0.717, 1.165) is 24.1 Å². The number of carbonyl (C=O) groups is 1. The first kappa shape index (κ1) is 24.8. The number of aromatic nitrogens is 6. The van der Waals surface area contributed by atoms with Crippen LogP contribution in [-0.2, 0) is 29.7 Å². The van der Waals surface area contributed by atoms with E-state index in [1.54, 1.807) is 29.9 Å². The lowest BCUT2D eigenvalue weighted by atomic mass is 10.2. The molecule has 0 aliphatic rings. The fourth-order valence-electron chi connectivity index (χ4n) is 4.01. The second-order valence-corrected chi connectivity index (χ2v) is 8.44. The fraction of sp³-hybridized carbons (Fsp3) is 0.320. The quantitative estimate of drug-likeness (QED) is 0.297. The maximum atomic E-state index is 13.3. The van der Waals surface area contributed by atoms with Gasteiger partial charge in [0.15, 0.2) is 11.2 Å². The first-order valence-corrected chi connectivity index (χ1v) is 11.6. The zero-order valence-corrected chi connectivity index (χ0v) is 20.5. The van der Waals surface area contributed by atoms with Gasteiger partial charge in [-0.25, -0.2) is 23.6 Å². The number of esters is 1. The highest BCUT2D eigenvalue weighted by atomic mass is 19.1. The third-order valence-corrected chi connectivity index (χ3v) is 5.99. The third-order valence-electron chi connectivity index (χ3n) is 5.99. The summed E-state index contributed by atoms with van der Waals surface area (Å²) < 4.78 is 23.2. The molecule has 188 valence electrons. The summed E-state index contributed by atoms with van der Waals surface area (Å²) in [5, 5.41) is 4.48. The van der Waals surface area contributed by atoms with Gasteiger partial charge in [-0.2, -0.15) is 5.10 Å². The van der Waals surface area contributed by atoms with Crippen molar-refractivity contribution in [1.29, 1.82) is 0 Å². The Bertz CT molecular complexity index is 1570. The Morgan fingerprint density at radius 2 is 1.92 bits per heavy atom. The SMILES string of the molecule is CCCCn1c(=O)[nH]c(=O)c2c1nc(COC(=O)/C=C/c1c(C)nn(-c3ccc(F)cc3)c1C)n2C. The van der Waals surface area contributed by atoms with Crippen molar-refractivity contribution in [2.75, 3.05) is 0 Å². The Kier molecular flexibility index (Phi) is 7.00. The number of aryl methyl sites for hydroxylation is 3. The van der Waals surface area contributed by atoms with E-state index in [1.807, 2.05) is 20.8 Å². The van der Waals surface area contributed by atoms with Crippen molar-refractivity contribution in [2.45, 2.75) is 46.8 Å². The van der Waals surface area contributed by atoms with Gasteiger partial charge in [-0.15, -0.1) is 0 Å². The van der Waals surface area contributed by atoms with Gasteiger partial charge >= 0.3 is 11.7 Å². The summed E-state index contributed by atoms with van der Waals surface area (Å²) >= 11 is 0. The molecule has 3 aromatic heterocycles. The Labute approximate surface area is 205 Å². The Morgan fingerprint density at radius 3 is 2.61 bits per heavy atom. The lowest BCUT2D eigenvalue weighted by molar-refractivity contribution is -0.139. The van der Waals surface area contributed by atoms with Crippen LogP contribution in [0.25, 0.3) is 22.9 Å². The Hall–Kier alpha value is -4.28. The van der Waals surface area contributed by atoms with Crippen molar-refractivity contribution in [2.24, 2.45) is 7.05 Å². The lowest BCUT2D eigenvalue weighted by Crippen LogP contribution is -2.31. The van der Waals surface area contributed by atoms with Gasteiger partial charge in [0.2, 0.25) is 0 Å². The molecule has 0 radical (unpaired) electrons. The van der Waals surface area contributed by atoms with Crippen LogP contribution in [0.5, 0.6) is 0 Å². The van der Waals surface area contributed by atoms with E-state index < -0.39 is 17.2 Å². The third kappa shape index (κ3) is 4.77. The molecule has 0 aliphatic heterocycles. The van der Waals surface area contributed by atoms with Crippen LogP contribution in [0, 0.1) is 19.7 Å². The van der Waals surface area contributed by atoms with Crippen LogP contribution in [0.15, 0.2) is 39.9 Å². The second-order valence-electron chi connectivity index (χ2n) is 8.44. The predicted molar refractivity (Wildman–Crippen MR) is 132 cm³/mol. The van der Waals surface area contributed by atoms with Crippen LogP contribution >= 0.6 is 0 Å². The van der Waals surface area contributed by atoms with E-state index in [2.05, 4.69) is 15.1 Å². The molecule has 0 saturated carbocycles. The monoisotopic (exact) mass is 494 g/mol. The standard InChI is InChI=1S/C25H27FN6O4/c1-5-6-13-31-23-22(24(34)28-25(31)35)30(4)20(27-23)14-36-21(33)12-11-19-15(2)29-32(16(19)3)18-9-7-17(26)8-10-18/h7-12H,5-6,13-14H2,1-4H3,(H,28,34,35)/b12-11+. The van der Waals surface area contributed by atoms with Crippen molar-refractivity contribution in [3.8, 4) is 5.69 Å². The average molecular weight is 495 g/mol. The van der Waals surface area contributed by atoms with E-state index in [-0.39, 0.29) is 23.6 Å². The highest BCUT2D eigenvalue weighted by molar-refractivity contribution is 5.87. The number of nitrogens with one attached hydrogen (secondary N) is 1. The van der Waals surface area contributed by atoms with Gasteiger partial charge in [0, 0.05) is 30.9 Å². The van der Waals surface area contributed by atoms with E-state index in [4.69, 9.17) is 4.74 Å². The van der Waals surface area contributed by atoms with Crippen molar-refractivity contribution in [3.63, 3.8) is 0 Å². The molecule has 3 heterocycles. The van der Waals surface area contributed by atoms with Crippen LogP contribution in [0.3, 0.4) is 0 Å². The van der Waals surface area contributed by atoms with Crippen molar-refractivity contribution >= 4 is 23.2 Å². The van der Waals surface area contributed by atoms with Crippen LogP contribution in [0.1, 0.15) is 42.5 Å². The molecular weight excluding hydrogens is 467 g/mol. The number of aromatic amines is 1. The normalized spacial score (nSPS) is 11.6. The smallest absolute Gasteiger partial charge is 0.331 e. The molecule has 4 aromatic rings. The number of hydrogen-bond donors (Lipinski definition) is 1. The number of unbranched alkanes of at least 4 members (excludes halogenated alkanes) is 1. The van der Waals surface area contributed by atoms with Crippen LogP contribution < -0.4 is 11.2 Å². The Morgan fingerprint density at radius 1 is 1.19 bits per heavy atom. The number of nitrogens with zero attached hydrogens (tertiary/aromatic N) is 5. The predicted octanol–water partition coefficient (Wildman–Crippen LogP) is 2.92. The molecular formula is C25H27FN6O4. The summed E-state index contributed by atoms with van der Waals surface area (Å²) in [4.78, 5) is 43.8. The zero-order valence-electron chi connectivity index (χ0n) is 20.5. The number of benzene rings is 1. The maximum absolute atomic E-state index is 13.3. The Balaban J connectivity index is 1.52. The van der Waals surface area contributed by atoms with E-state index >= 15 is 0 Å². The minimum atomic E-state index is -0.604. The summed E-state index contributed by atoms with van der Waals surface area (Å²) in [6.07, 6.45) is 4.53. The van der Waals surface area contributed by atoms with Gasteiger partial charge < -0.3 is 9.30 Å². The van der Waals surface area contributed by atoms with Crippen molar-refractivity contribution in [1.82, 2.24) is 28.9 Å². The molecule has 1 aromatic carbocycles.